The van der Waals surface area contributed by atoms with E-state index in [4.69, 9.17) is 14.2 Å². The van der Waals surface area contributed by atoms with Gasteiger partial charge in [-0.25, -0.2) is 0 Å². The summed E-state index contributed by atoms with van der Waals surface area (Å²) in [6.45, 7) is 4.37. The van der Waals surface area contributed by atoms with Crippen LogP contribution < -0.4 is 5.32 Å². The maximum Gasteiger partial charge on any atom is 0.305 e. The first-order valence-electron chi connectivity index (χ1n) is 38.0. The first-order chi connectivity index (χ1) is 42.2. The average molecular weight is 1220 g/mol. The summed E-state index contributed by atoms with van der Waals surface area (Å²) in [5.74, 6) is -0.157. The Morgan fingerprint density at radius 1 is 0.419 bits per heavy atom. The Bertz CT molecular complexity index is 1430. The number of carbonyl (C=O) groups is 2. The minimum atomic E-state index is -1.57. The van der Waals surface area contributed by atoms with Crippen LogP contribution in [0.4, 0.5) is 0 Å². The number of aliphatic hydroxyl groups is 5. The van der Waals surface area contributed by atoms with Gasteiger partial charge in [-0.1, -0.05) is 360 Å². The molecule has 11 nitrogen and oxygen atoms in total. The van der Waals surface area contributed by atoms with Crippen molar-refractivity contribution in [1.29, 1.82) is 0 Å². The molecule has 1 aliphatic heterocycles. The van der Waals surface area contributed by atoms with Crippen LogP contribution in [0.25, 0.3) is 0 Å². The van der Waals surface area contributed by atoms with Crippen LogP contribution in [0.15, 0.2) is 12.2 Å². The van der Waals surface area contributed by atoms with E-state index in [0.717, 1.165) is 51.4 Å². The van der Waals surface area contributed by atoms with Gasteiger partial charge in [0.25, 0.3) is 0 Å². The Kier molecular flexibility index (Phi) is 62.2. The highest BCUT2D eigenvalue weighted by Crippen LogP contribution is 2.24. The van der Waals surface area contributed by atoms with Crippen molar-refractivity contribution >= 4 is 11.9 Å². The second kappa shape index (κ2) is 64.9. The Morgan fingerprint density at radius 3 is 1.08 bits per heavy atom. The Morgan fingerprint density at radius 2 is 0.733 bits per heavy atom. The van der Waals surface area contributed by atoms with Crippen LogP contribution in [0.2, 0.25) is 0 Å². The van der Waals surface area contributed by atoms with Crippen LogP contribution in [-0.4, -0.2) is 100 Å². The van der Waals surface area contributed by atoms with Crippen molar-refractivity contribution in [3.63, 3.8) is 0 Å². The molecule has 0 saturated carbocycles. The Hall–Kier alpha value is -1.60. The number of nitrogens with one attached hydrogen (secondary N) is 1. The molecule has 1 fully saturated rings. The molecule has 0 bridgehead atoms. The number of esters is 1. The first kappa shape index (κ1) is 82.4. The summed E-state index contributed by atoms with van der Waals surface area (Å²) in [5.41, 5.74) is 0. The van der Waals surface area contributed by atoms with Crippen molar-refractivity contribution in [3.05, 3.63) is 12.2 Å². The van der Waals surface area contributed by atoms with E-state index < -0.39 is 49.5 Å². The Labute approximate surface area is 531 Å². The van der Waals surface area contributed by atoms with E-state index in [1.54, 1.807) is 6.08 Å². The molecule has 1 amide bonds. The largest absolute Gasteiger partial charge is 0.466 e. The standard InChI is InChI=1S/C75H145NO10/c1-3-5-7-9-11-13-14-15-40-43-47-51-55-59-63-71(80)84-64-60-56-52-48-44-41-38-36-34-32-30-28-26-24-22-20-18-16-17-19-21-23-25-27-29-31-33-35-37-39-42-46-50-54-58-62-70(79)76-67(68(78)61-57-53-49-45-12-10-8-6-4-2)66-85-75-74(83)73(82)72(81)69(65-77)86-75/h57,61,67-69,72-75,77-78,81-83H,3-56,58-60,62-66H2,1-2H3,(H,76,79)/b61-57+. The average Bonchev–Trinajstić information content (AvgIpc) is 2.21. The van der Waals surface area contributed by atoms with Crippen molar-refractivity contribution in [2.45, 2.75) is 436 Å². The van der Waals surface area contributed by atoms with Gasteiger partial charge in [-0.2, -0.15) is 0 Å². The Balaban J connectivity index is 1.85. The van der Waals surface area contributed by atoms with Crippen molar-refractivity contribution in [1.82, 2.24) is 5.32 Å². The highest BCUT2D eigenvalue weighted by molar-refractivity contribution is 5.76. The zero-order valence-corrected chi connectivity index (χ0v) is 56.8. The van der Waals surface area contributed by atoms with E-state index >= 15 is 0 Å². The fraction of sp³-hybridized carbons (Fsp3) is 0.947. The quantitative estimate of drug-likeness (QED) is 0.0195. The summed E-state index contributed by atoms with van der Waals surface area (Å²) < 4.78 is 16.7. The molecule has 86 heavy (non-hydrogen) atoms. The molecular formula is C75H145NO10. The van der Waals surface area contributed by atoms with E-state index in [0.29, 0.717) is 19.4 Å². The topological polar surface area (TPSA) is 175 Å². The predicted octanol–water partition coefficient (Wildman–Crippen LogP) is 19.8. The number of amides is 1. The van der Waals surface area contributed by atoms with E-state index in [1.165, 1.54) is 315 Å². The molecule has 6 N–H and O–H groups in total. The first-order valence-corrected chi connectivity index (χ1v) is 38.0. The number of ether oxygens (including phenoxy) is 3. The van der Waals surface area contributed by atoms with E-state index in [2.05, 4.69) is 19.2 Å². The van der Waals surface area contributed by atoms with Gasteiger partial charge >= 0.3 is 5.97 Å². The van der Waals surface area contributed by atoms with E-state index in [9.17, 15) is 35.1 Å². The smallest absolute Gasteiger partial charge is 0.305 e. The molecule has 0 spiro atoms. The number of hydrogen-bond donors (Lipinski definition) is 6. The third-order valence-corrected chi connectivity index (χ3v) is 18.4. The van der Waals surface area contributed by atoms with Gasteiger partial charge in [0.2, 0.25) is 5.91 Å². The molecule has 1 aliphatic rings. The highest BCUT2D eigenvalue weighted by Gasteiger charge is 2.44. The summed E-state index contributed by atoms with van der Waals surface area (Å²) >= 11 is 0. The van der Waals surface area contributed by atoms with Gasteiger partial charge < -0.3 is 45.1 Å². The van der Waals surface area contributed by atoms with Crippen molar-refractivity contribution in [2.75, 3.05) is 19.8 Å². The lowest BCUT2D eigenvalue weighted by molar-refractivity contribution is -0.302. The maximum atomic E-state index is 13.0. The maximum absolute atomic E-state index is 13.0. The monoisotopic (exact) mass is 1220 g/mol. The number of allylic oxidation sites excluding steroid dienone is 1. The number of aliphatic hydroxyl groups excluding tert-OH is 5. The van der Waals surface area contributed by atoms with Gasteiger partial charge in [0.15, 0.2) is 6.29 Å². The third kappa shape index (κ3) is 53.1. The lowest BCUT2D eigenvalue weighted by Crippen LogP contribution is -2.60. The number of unbranched alkanes of at least 4 members (excludes halogenated alkanes) is 54. The highest BCUT2D eigenvalue weighted by atomic mass is 16.7. The van der Waals surface area contributed by atoms with Gasteiger partial charge in [0, 0.05) is 12.8 Å². The van der Waals surface area contributed by atoms with E-state index in [1.807, 2.05) is 6.08 Å². The number of carbonyl (C=O) groups excluding carboxylic acids is 2. The molecule has 0 aromatic carbocycles. The molecule has 1 saturated heterocycles. The molecule has 1 heterocycles. The fourth-order valence-electron chi connectivity index (χ4n) is 12.4. The summed E-state index contributed by atoms with van der Waals surface area (Å²) in [4.78, 5) is 25.1. The lowest BCUT2D eigenvalue weighted by atomic mass is 9.99. The summed E-state index contributed by atoms with van der Waals surface area (Å²) in [6.07, 6.45) is 71.1. The van der Waals surface area contributed by atoms with Gasteiger partial charge in [0.1, 0.15) is 24.4 Å². The van der Waals surface area contributed by atoms with Crippen LogP contribution in [0, 0.1) is 0 Å². The van der Waals surface area contributed by atoms with Gasteiger partial charge in [-0.05, 0) is 32.1 Å². The normalized spacial score (nSPS) is 17.9. The van der Waals surface area contributed by atoms with Crippen molar-refractivity contribution < 1.29 is 49.3 Å². The lowest BCUT2D eigenvalue weighted by Gasteiger charge is -2.40. The molecule has 0 aromatic rings. The second-order valence-corrected chi connectivity index (χ2v) is 26.7. The molecule has 510 valence electrons. The molecule has 0 aromatic heterocycles. The zero-order valence-electron chi connectivity index (χ0n) is 56.8. The molecule has 7 atom stereocenters. The van der Waals surface area contributed by atoms with Crippen molar-refractivity contribution in [3.8, 4) is 0 Å². The fourth-order valence-corrected chi connectivity index (χ4v) is 12.4. The second-order valence-electron chi connectivity index (χ2n) is 26.7. The zero-order chi connectivity index (χ0) is 62.3. The number of hydrogen-bond acceptors (Lipinski definition) is 10. The number of rotatable bonds is 68. The van der Waals surface area contributed by atoms with Crippen LogP contribution in [0.3, 0.4) is 0 Å². The van der Waals surface area contributed by atoms with E-state index in [-0.39, 0.29) is 18.5 Å². The molecular weight excluding hydrogens is 1070 g/mol. The molecule has 0 radical (unpaired) electrons. The van der Waals surface area contributed by atoms with Crippen LogP contribution >= 0.6 is 0 Å². The SMILES string of the molecule is CCCCCCCCC/C=C/C(O)C(COC1OC(CO)C(O)C(O)C1O)NC(=O)CCCCCCCCCCCCCCCCCCCCCCCCCCCCCCCCCCCCCOC(=O)CCCCCCCCCCCCCCCC. The summed E-state index contributed by atoms with van der Waals surface area (Å²) in [7, 11) is 0. The molecule has 0 aliphatic carbocycles. The predicted molar refractivity (Wildman–Crippen MR) is 362 cm³/mol. The van der Waals surface area contributed by atoms with Gasteiger partial charge in [0.05, 0.1) is 32.0 Å². The minimum Gasteiger partial charge on any atom is -0.466 e. The summed E-state index contributed by atoms with van der Waals surface area (Å²) in [5, 5.41) is 54.3. The van der Waals surface area contributed by atoms with Crippen LogP contribution in [0.1, 0.15) is 393 Å². The molecule has 11 heteroatoms. The van der Waals surface area contributed by atoms with Crippen LogP contribution in [-0.2, 0) is 23.8 Å². The molecule has 7 unspecified atom stereocenters. The molecule has 1 rings (SSSR count). The third-order valence-electron chi connectivity index (χ3n) is 18.4. The van der Waals surface area contributed by atoms with Crippen molar-refractivity contribution in [2.24, 2.45) is 0 Å². The van der Waals surface area contributed by atoms with Gasteiger partial charge in [-0.3, -0.25) is 9.59 Å². The minimum absolute atomic E-state index is 0.0191. The van der Waals surface area contributed by atoms with Gasteiger partial charge in [-0.15, -0.1) is 0 Å². The summed E-state index contributed by atoms with van der Waals surface area (Å²) in [6, 6.07) is -0.803. The van der Waals surface area contributed by atoms with Crippen LogP contribution in [0.5, 0.6) is 0 Å².